The number of hydrogen-bond donors (Lipinski definition) is 1. The number of aliphatic hydroxyl groups excluding tert-OH is 1. The normalized spacial score (nSPS) is 52.8. The van der Waals surface area contributed by atoms with Crippen LogP contribution in [0.1, 0.15) is 106 Å². The summed E-state index contributed by atoms with van der Waals surface area (Å²) in [6, 6.07) is 2.35. The molecule has 0 aromatic heterocycles. The Morgan fingerprint density at radius 1 is 0.944 bits per heavy atom. The predicted octanol–water partition coefficient (Wildman–Crippen LogP) is 7.39. The van der Waals surface area contributed by atoms with E-state index in [-0.39, 0.29) is 44.8 Å². The van der Waals surface area contributed by atoms with Gasteiger partial charge in [-0.25, -0.2) is 0 Å². The number of carbonyl (C=O) groups is 1. The fraction of sp³-hybridized carbons (Fsp3) is 0.875. The molecule has 6 aliphatic rings. The molecule has 9 atom stereocenters. The highest BCUT2D eigenvalue weighted by Gasteiger charge is 2.73. The number of Topliss-reactive ketones (excluding diaryl/α,β-unsaturated/α-hetero) is 1. The number of rotatable bonds is 1. The number of hydrogen-bond acceptors (Lipinski definition) is 4. The van der Waals surface area contributed by atoms with E-state index in [0.717, 1.165) is 32.3 Å². The summed E-state index contributed by atoms with van der Waals surface area (Å²) in [6.07, 6.45) is 9.66. The Morgan fingerprint density at radius 3 is 2.25 bits per heavy atom. The second kappa shape index (κ2) is 7.19. The van der Waals surface area contributed by atoms with Crippen molar-refractivity contribution in [2.24, 2.45) is 56.2 Å². The molecule has 6 rings (SSSR count). The van der Waals surface area contributed by atoms with Crippen molar-refractivity contribution in [3.8, 4) is 6.07 Å². The van der Waals surface area contributed by atoms with Gasteiger partial charge in [-0.15, -0.1) is 0 Å². The van der Waals surface area contributed by atoms with Crippen LogP contribution in [0.3, 0.4) is 0 Å². The third-order valence-electron chi connectivity index (χ3n) is 13.8. The van der Waals surface area contributed by atoms with E-state index >= 15 is 0 Å². The molecule has 1 heterocycles. The van der Waals surface area contributed by atoms with Crippen molar-refractivity contribution >= 4 is 5.78 Å². The lowest BCUT2D eigenvalue weighted by atomic mass is 9.31. The summed E-state index contributed by atoms with van der Waals surface area (Å²) in [5, 5.41) is 21.0. The van der Waals surface area contributed by atoms with Crippen LogP contribution in [0.25, 0.3) is 0 Å². The maximum absolute atomic E-state index is 14.5. The molecule has 1 saturated heterocycles. The zero-order chi connectivity index (χ0) is 26.1. The number of aliphatic hydroxyl groups is 1. The maximum Gasteiger partial charge on any atom is 0.137 e. The molecule has 0 bridgehead atoms. The molecule has 4 saturated carbocycles. The quantitative estimate of drug-likeness (QED) is 0.386. The topological polar surface area (TPSA) is 73.6 Å². The van der Waals surface area contributed by atoms with Gasteiger partial charge in [-0.1, -0.05) is 48.5 Å². The maximum atomic E-state index is 14.5. The number of allylic oxidation sites excluding steroid dienone is 2. The average molecular weight is 494 g/mol. The van der Waals surface area contributed by atoms with Gasteiger partial charge in [0.1, 0.15) is 11.5 Å². The minimum Gasteiger partial charge on any atom is -0.511 e. The first-order chi connectivity index (χ1) is 16.7. The third kappa shape index (κ3) is 2.88. The van der Waals surface area contributed by atoms with Crippen LogP contribution in [-0.4, -0.2) is 23.6 Å². The van der Waals surface area contributed by atoms with E-state index in [1.165, 1.54) is 19.3 Å². The van der Waals surface area contributed by atoms with Crippen LogP contribution >= 0.6 is 0 Å². The molecule has 0 radical (unpaired) electrons. The summed E-state index contributed by atoms with van der Waals surface area (Å²) in [7, 11) is 0. The standard InChI is InChI=1S/C32H47NO3/c1-27(2)10-12-32(24-18-36-24)13-11-31(7)25(20(32)16-27)21(34)14-23-29(5)15-19(17-33)26(35)28(3,4)22(29)8-9-30(23,31)6/h20,22-25,35H,8-16,18H2,1-7H3/t20?,22-,23+,24?,25?,29-,30+,31+,32?/m0/s1. The lowest BCUT2D eigenvalue weighted by molar-refractivity contribution is -0.233. The molecule has 1 N–H and O–H groups in total. The second-order valence-electron chi connectivity index (χ2n) is 16.0. The molecule has 4 heteroatoms. The largest absolute Gasteiger partial charge is 0.511 e. The second-order valence-corrected chi connectivity index (χ2v) is 16.0. The van der Waals surface area contributed by atoms with Gasteiger partial charge in [0.25, 0.3) is 0 Å². The minimum absolute atomic E-state index is 0.0301. The van der Waals surface area contributed by atoms with Crippen molar-refractivity contribution in [3.05, 3.63) is 11.3 Å². The van der Waals surface area contributed by atoms with Crippen molar-refractivity contribution in [3.63, 3.8) is 0 Å². The zero-order valence-electron chi connectivity index (χ0n) is 23.7. The molecule has 36 heavy (non-hydrogen) atoms. The fourth-order valence-corrected chi connectivity index (χ4v) is 11.6. The SMILES string of the molecule is CC1(C)CCC2(C3CO3)CC[C@]3(C)C(C(=O)C[C@@H]4[C@@]5(C)CC(C#N)=C(O)C(C)(C)[C@@H]5CC[C@]43C)C2C1. The van der Waals surface area contributed by atoms with E-state index in [4.69, 9.17) is 4.74 Å². The molecular formula is C32H47NO3. The highest BCUT2D eigenvalue weighted by Crippen LogP contribution is 2.77. The van der Waals surface area contributed by atoms with Gasteiger partial charge in [-0.3, -0.25) is 4.79 Å². The van der Waals surface area contributed by atoms with Crippen LogP contribution in [-0.2, 0) is 9.53 Å². The zero-order valence-corrected chi connectivity index (χ0v) is 23.7. The summed E-state index contributed by atoms with van der Waals surface area (Å²) >= 11 is 0. The van der Waals surface area contributed by atoms with E-state index in [1.54, 1.807) is 0 Å². The van der Waals surface area contributed by atoms with E-state index in [2.05, 4.69) is 54.5 Å². The molecule has 0 aromatic carbocycles. The Balaban J connectivity index is 1.45. The molecular weight excluding hydrogens is 446 g/mol. The van der Waals surface area contributed by atoms with Crippen molar-refractivity contribution in [2.75, 3.05) is 6.61 Å². The van der Waals surface area contributed by atoms with Crippen LogP contribution < -0.4 is 0 Å². The minimum atomic E-state index is -0.432. The fourth-order valence-electron chi connectivity index (χ4n) is 11.6. The summed E-state index contributed by atoms with van der Waals surface area (Å²) in [6.45, 7) is 17.3. The summed E-state index contributed by atoms with van der Waals surface area (Å²) in [5.41, 5.74) is 0.451. The Kier molecular flexibility index (Phi) is 4.99. The number of nitriles is 1. The van der Waals surface area contributed by atoms with Gasteiger partial charge in [0, 0.05) is 23.2 Å². The lowest BCUT2D eigenvalue weighted by Crippen LogP contribution is -2.69. The first-order valence-corrected chi connectivity index (χ1v) is 14.6. The average Bonchev–Trinajstić information content (AvgIpc) is 3.63. The Hall–Kier alpha value is -1.34. The van der Waals surface area contributed by atoms with Crippen molar-refractivity contribution < 1.29 is 14.6 Å². The van der Waals surface area contributed by atoms with Crippen molar-refractivity contribution in [1.29, 1.82) is 5.26 Å². The number of fused-ring (bicyclic) bond motifs is 7. The van der Waals surface area contributed by atoms with Crippen LogP contribution in [0.4, 0.5) is 0 Å². The van der Waals surface area contributed by atoms with Crippen LogP contribution in [0.15, 0.2) is 11.3 Å². The van der Waals surface area contributed by atoms with Crippen molar-refractivity contribution in [1.82, 2.24) is 0 Å². The van der Waals surface area contributed by atoms with Gasteiger partial charge in [0.15, 0.2) is 0 Å². The predicted molar refractivity (Wildman–Crippen MR) is 140 cm³/mol. The monoisotopic (exact) mass is 493 g/mol. The molecule has 5 aliphatic carbocycles. The Labute approximate surface area is 218 Å². The van der Waals surface area contributed by atoms with E-state index in [0.29, 0.717) is 42.0 Å². The van der Waals surface area contributed by atoms with E-state index in [1.807, 2.05) is 0 Å². The Morgan fingerprint density at radius 2 is 1.61 bits per heavy atom. The number of epoxide rings is 1. The van der Waals surface area contributed by atoms with Crippen LogP contribution in [0.2, 0.25) is 0 Å². The number of ether oxygens (including phenoxy) is 1. The number of nitrogens with zero attached hydrogens (tertiary/aromatic N) is 1. The molecule has 4 nitrogen and oxygen atoms in total. The molecule has 1 aliphatic heterocycles. The molecule has 198 valence electrons. The van der Waals surface area contributed by atoms with E-state index < -0.39 is 5.41 Å². The van der Waals surface area contributed by atoms with Gasteiger partial charge in [0.05, 0.1) is 24.4 Å². The van der Waals surface area contributed by atoms with Gasteiger partial charge in [-0.2, -0.15) is 5.26 Å². The molecule has 0 aromatic rings. The van der Waals surface area contributed by atoms with Crippen molar-refractivity contribution in [2.45, 2.75) is 112 Å². The number of carbonyl (C=O) groups excluding carboxylic acids is 1. The van der Waals surface area contributed by atoms with Gasteiger partial charge >= 0.3 is 0 Å². The highest BCUT2D eigenvalue weighted by atomic mass is 16.6. The molecule has 0 amide bonds. The highest BCUT2D eigenvalue weighted by molar-refractivity contribution is 5.84. The lowest BCUT2D eigenvalue weighted by Gasteiger charge is -2.72. The number of ketones is 1. The molecule has 0 spiro atoms. The van der Waals surface area contributed by atoms with Crippen LogP contribution in [0.5, 0.6) is 0 Å². The van der Waals surface area contributed by atoms with Gasteiger partial charge < -0.3 is 9.84 Å². The van der Waals surface area contributed by atoms with Gasteiger partial charge in [0.2, 0.25) is 0 Å². The smallest absolute Gasteiger partial charge is 0.137 e. The summed E-state index contributed by atoms with van der Waals surface area (Å²) in [4.78, 5) is 14.5. The Bertz CT molecular complexity index is 1080. The first kappa shape index (κ1) is 25.0. The summed E-state index contributed by atoms with van der Waals surface area (Å²) in [5.74, 6) is 1.85. The summed E-state index contributed by atoms with van der Waals surface area (Å²) < 4.78 is 6.03. The van der Waals surface area contributed by atoms with E-state index in [9.17, 15) is 15.2 Å². The van der Waals surface area contributed by atoms with Gasteiger partial charge in [-0.05, 0) is 90.8 Å². The first-order valence-electron chi connectivity index (χ1n) is 14.6. The molecule has 5 fully saturated rings. The molecule has 4 unspecified atom stereocenters. The third-order valence-corrected chi connectivity index (χ3v) is 13.8. The van der Waals surface area contributed by atoms with Crippen LogP contribution in [0, 0.1) is 67.5 Å².